The van der Waals surface area contributed by atoms with E-state index in [-0.39, 0.29) is 0 Å². The maximum Gasteiger partial charge on any atom is 0.138 e. The first-order valence-corrected chi connectivity index (χ1v) is 10.8. The highest BCUT2D eigenvalue weighted by molar-refractivity contribution is 6.32. The van der Waals surface area contributed by atoms with E-state index >= 15 is 0 Å². The molecule has 1 fully saturated rings. The average molecular weight is 437 g/mol. The molecule has 1 aliphatic rings. The second kappa shape index (κ2) is 10.00. The van der Waals surface area contributed by atoms with E-state index in [0.29, 0.717) is 23.1 Å². The van der Waals surface area contributed by atoms with Crippen molar-refractivity contribution in [2.45, 2.75) is 12.8 Å². The molecule has 4 rings (SSSR count). The number of hydrogen-bond donors (Lipinski definition) is 0. The van der Waals surface area contributed by atoms with Crippen LogP contribution in [0.25, 0.3) is 11.1 Å². The highest BCUT2D eigenvalue weighted by atomic mass is 35.5. The smallest absolute Gasteiger partial charge is 0.138 e. The molecule has 0 N–H and O–H groups in total. The number of hydrogen-bond acceptors (Lipinski definition) is 3. The Balaban J connectivity index is 1.37. The van der Waals surface area contributed by atoms with Crippen molar-refractivity contribution < 1.29 is 4.74 Å². The van der Waals surface area contributed by atoms with Gasteiger partial charge < -0.3 is 4.74 Å². The van der Waals surface area contributed by atoms with Crippen molar-refractivity contribution in [3.63, 3.8) is 0 Å². The van der Waals surface area contributed by atoms with Gasteiger partial charge in [0.25, 0.3) is 0 Å². The van der Waals surface area contributed by atoms with Crippen LogP contribution in [-0.4, -0.2) is 36.1 Å². The summed E-state index contributed by atoms with van der Waals surface area (Å²) in [6.45, 7) is 3.92. The van der Waals surface area contributed by atoms with Crippen molar-refractivity contribution in [3.05, 3.63) is 82.1 Å². The summed E-state index contributed by atoms with van der Waals surface area (Å²) in [7, 11) is 0. The fourth-order valence-corrected chi connectivity index (χ4v) is 3.76. The first-order valence-electron chi connectivity index (χ1n) is 10.1. The molecule has 0 aliphatic carbocycles. The van der Waals surface area contributed by atoms with E-state index in [1.807, 2.05) is 60.8 Å². The van der Waals surface area contributed by atoms with Gasteiger partial charge in [0.05, 0.1) is 5.02 Å². The molecule has 3 nitrogen and oxygen atoms in total. The lowest BCUT2D eigenvalue weighted by atomic mass is 10.1. The van der Waals surface area contributed by atoms with Gasteiger partial charge in [-0.2, -0.15) is 0 Å². The van der Waals surface area contributed by atoms with Crippen LogP contribution in [0, 0.1) is 11.8 Å². The average Bonchev–Trinajstić information content (AvgIpc) is 3.28. The van der Waals surface area contributed by atoms with Gasteiger partial charge >= 0.3 is 0 Å². The Morgan fingerprint density at radius 3 is 2.37 bits per heavy atom. The molecule has 0 unspecified atom stereocenters. The Kier molecular flexibility index (Phi) is 6.92. The van der Waals surface area contributed by atoms with Crippen LogP contribution in [0.5, 0.6) is 5.75 Å². The van der Waals surface area contributed by atoms with E-state index in [1.165, 1.54) is 25.9 Å². The molecule has 0 bridgehead atoms. The molecule has 0 spiro atoms. The summed E-state index contributed by atoms with van der Waals surface area (Å²) in [5.41, 5.74) is 3.62. The van der Waals surface area contributed by atoms with Crippen molar-refractivity contribution in [1.82, 2.24) is 9.88 Å². The lowest BCUT2D eigenvalue weighted by Crippen LogP contribution is -2.25. The standard InChI is InChI=1S/C25H22Cl2N2O/c26-22-8-5-20(6-9-22)21-7-11-23(28-18-21)10-3-19-4-12-25(24(27)17-19)30-16-15-29-13-1-2-14-29/h4-9,11-12,17-18H,1-2,13-16H2. The van der Waals surface area contributed by atoms with E-state index in [0.717, 1.165) is 28.3 Å². The van der Waals surface area contributed by atoms with E-state index in [4.69, 9.17) is 27.9 Å². The van der Waals surface area contributed by atoms with Gasteiger partial charge in [0.1, 0.15) is 18.1 Å². The molecule has 1 aliphatic heterocycles. The molecule has 152 valence electrons. The molecule has 0 radical (unpaired) electrons. The number of ether oxygens (including phenoxy) is 1. The van der Waals surface area contributed by atoms with Gasteiger partial charge in [0.15, 0.2) is 0 Å². The van der Waals surface area contributed by atoms with Crippen molar-refractivity contribution >= 4 is 23.2 Å². The maximum absolute atomic E-state index is 6.37. The largest absolute Gasteiger partial charge is 0.491 e. The number of rotatable bonds is 5. The van der Waals surface area contributed by atoms with Crippen LogP contribution in [-0.2, 0) is 0 Å². The lowest BCUT2D eigenvalue weighted by molar-refractivity contribution is 0.238. The second-order valence-electron chi connectivity index (χ2n) is 7.23. The van der Waals surface area contributed by atoms with Gasteiger partial charge in [-0.25, -0.2) is 4.98 Å². The van der Waals surface area contributed by atoms with Crippen molar-refractivity contribution in [3.8, 4) is 28.7 Å². The Labute approximate surface area is 187 Å². The third-order valence-corrected chi connectivity index (χ3v) is 5.62. The summed E-state index contributed by atoms with van der Waals surface area (Å²) in [4.78, 5) is 6.86. The summed E-state index contributed by atoms with van der Waals surface area (Å²) in [5.74, 6) is 6.91. The van der Waals surface area contributed by atoms with Crippen LogP contribution in [0.2, 0.25) is 10.0 Å². The number of benzene rings is 2. The predicted octanol–water partition coefficient (Wildman–Crippen LogP) is 5.93. The molecule has 3 aromatic rings. The van der Waals surface area contributed by atoms with Gasteiger partial charge in [0.2, 0.25) is 0 Å². The van der Waals surface area contributed by atoms with Gasteiger partial charge in [-0.3, -0.25) is 4.90 Å². The minimum atomic E-state index is 0.578. The first-order chi connectivity index (χ1) is 14.7. The van der Waals surface area contributed by atoms with E-state index in [1.54, 1.807) is 0 Å². The molecular weight excluding hydrogens is 415 g/mol. The molecule has 0 saturated carbocycles. The fourth-order valence-electron chi connectivity index (χ4n) is 3.40. The van der Waals surface area contributed by atoms with Crippen molar-refractivity contribution in [2.75, 3.05) is 26.2 Å². The molecule has 2 heterocycles. The SMILES string of the molecule is Clc1ccc(-c2ccc(C#Cc3ccc(OCCN4CCCC4)c(Cl)c3)nc2)cc1. The highest BCUT2D eigenvalue weighted by Crippen LogP contribution is 2.25. The molecule has 1 saturated heterocycles. The van der Waals surface area contributed by atoms with Crippen LogP contribution in [0.1, 0.15) is 24.1 Å². The van der Waals surface area contributed by atoms with Gasteiger partial charge in [-0.15, -0.1) is 0 Å². The Morgan fingerprint density at radius 2 is 1.67 bits per heavy atom. The first kappa shape index (κ1) is 20.8. The number of pyridine rings is 1. The molecular formula is C25H22Cl2N2O. The fraction of sp³-hybridized carbons (Fsp3) is 0.240. The van der Waals surface area contributed by atoms with Crippen molar-refractivity contribution in [1.29, 1.82) is 0 Å². The van der Waals surface area contributed by atoms with Gasteiger partial charge in [-0.1, -0.05) is 47.3 Å². The van der Waals surface area contributed by atoms with Crippen LogP contribution >= 0.6 is 23.2 Å². The Morgan fingerprint density at radius 1 is 0.900 bits per heavy atom. The number of likely N-dealkylation sites (tertiary alicyclic amines) is 1. The monoisotopic (exact) mass is 436 g/mol. The summed E-state index contributed by atoms with van der Waals surface area (Å²) in [5, 5.41) is 1.30. The molecule has 1 aromatic heterocycles. The molecule has 0 atom stereocenters. The third kappa shape index (κ3) is 5.55. The summed E-state index contributed by atoms with van der Waals surface area (Å²) >= 11 is 12.3. The van der Waals surface area contributed by atoms with Crippen LogP contribution < -0.4 is 4.74 Å². The van der Waals surface area contributed by atoms with Crippen LogP contribution in [0.4, 0.5) is 0 Å². The van der Waals surface area contributed by atoms with Crippen LogP contribution in [0.3, 0.4) is 0 Å². The summed E-state index contributed by atoms with van der Waals surface area (Å²) in [6.07, 6.45) is 4.39. The minimum Gasteiger partial charge on any atom is -0.491 e. The maximum atomic E-state index is 6.37. The number of nitrogens with zero attached hydrogens (tertiary/aromatic N) is 2. The lowest BCUT2D eigenvalue weighted by Gasteiger charge is -2.15. The third-order valence-electron chi connectivity index (χ3n) is 5.07. The molecule has 2 aromatic carbocycles. The van der Waals surface area contributed by atoms with Crippen LogP contribution in [0.15, 0.2) is 60.8 Å². The number of aromatic nitrogens is 1. The Bertz CT molecular complexity index is 1050. The quantitative estimate of drug-likeness (QED) is 0.463. The zero-order valence-corrected chi connectivity index (χ0v) is 18.1. The number of halogens is 2. The molecule has 5 heteroatoms. The predicted molar refractivity (Wildman–Crippen MR) is 123 cm³/mol. The van der Waals surface area contributed by atoms with Gasteiger partial charge in [-0.05, 0) is 73.8 Å². The summed E-state index contributed by atoms with van der Waals surface area (Å²) < 4.78 is 5.84. The zero-order valence-electron chi connectivity index (χ0n) is 16.6. The van der Waals surface area contributed by atoms with E-state index in [2.05, 4.69) is 21.7 Å². The normalized spacial score (nSPS) is 13.7. The Hall–Kier alpha value is -2.51. The van der Waals surface area contributed by atoms with Gasteiger partial charge in [0, 0.05) is 28.9 Å². The van der Waals surface area contributed by atoms with E-state index in [9.17, 15) is 0 Å². The molecule has 0 amide bonds. The van der Waals surface area contributed by atoms with Crippen molar-refractivity contribution in [2.24, 2.45) is 0 Å². The second-order valence-corrected chi connectivity index (χ2v) is 8.08. The minimum absolute atomic E-state index is 0.578. The highest BCUT2D eigenvalue weighted by Gasteiger charge is 2.11. The topological polar surface area (TPSA) is 25.4 Å². The zero-order chi connectivity index (χ0) is 20.8. The van der Waals surface area contributed by atoms with E-state index < -0.39 is 0 Å². The summed E-state index contributed by atoms with van der Waals surface area (Å²) in [6, 6.07) is 17.2. The molecule has 30 heavy (non-hydrogen) atoms.